The number of halogens is 1. The summed E-state index contributed by atoms with van der Waals surface area (Å²) in [6.45, 7) is 2.52. The summed E-state index contributed by atoms with van der Waals surface area (Å²) < 4.78 is 5.36. The van der Waals surface area contributed by atoms with Crippen molar-refractivity contribution < 1.29 is 14.5 Å². The van der Waals surface area contributed by atoms with Crippen LogP contribution in [0.5, 0.6) is 5.75 Å². The van der Waals surface area contributed by atoms with Gasteiger partial charge < -0.3 is 10.1 Å². The number of anilines is 1. The summed E-state index contributed by atoms with van der Waals surface area (Å²) in [4.78, 5) is 22.2. The number of benzene rings is 2. The maximum atomic E-state index is 12.0. The molecule has 7 heteroatoms. The molecule has 1 amide bonds. The van der Waals surface area contributed by atoms with Gasteiger partial charge in [-0.25, -0.2) is 0 Å². The Bertz CT molecular complexity index is 732. The van der Waals surface area contributed by atoms with Gasteiger partial charge in [0.25, 0.3) is 5.69 Å². The topological polar surface area (TPSA) is 81.5 Å². The van der Waals surface area contributed by atoms with Crippen molar-refractivity contribution in [3.8, 4) is 5.75 Å². The third kappa shape index (κ3) is 4.96. The lowest BCUT2D eigenvalue weighted by atomic mass is 10.1. The highest BCUT2D eigenvalue weighted by atomic mass is 35.5. The Hall–Kier alpha value is -2.60. The molecule has 24 heavy (non-hydrogen) atoms. The molecule has 0 heterocycles. The molecule has 0 aromatic heterocycles. The maximum Gasteiger partial charge on any atom is 0.289 e. The van der Waals surface area contributed by atoms with Crippen LogP contribution in [-0.2, 0) is 11.2 Å². The zero-order valence-corrected chi connectivity index (χ0v) is 13.9. The minimum atomic E-state index is -0.585. The fraction of sp³-hybridized carbons (Fsp3) is 0.235. The van der Waals surface area contributed by atoms with Gasteiger partial charge in [0.05, 0.1) is 11.5 Å². The van der Waals surface area contributed by atoms with Crippen molar-refractivity contribution in [2.24, 2.45) is 0 Å². The first-order valence-corrected chi connectivity index (χ1v) is 7.83. The SMILES string of the molecule is CCOc1ccc(CCC(=O)Nc2ccc(Cl)c([N+](=O)[O-])c2)cc1. The largest absolute Gasteiger partial charge is 0.494 e. The van der Waals surface area contributed by atoms with E-state index in [2.05, 4.69) is 5.32 Å². The van der Waals surface area contributed by atoms with Crippen LogP contribution in [0, 0.1) is 10.1 Å². The van der Waals surface area contributed by atoms with E-state index in [4.69, 9.17) is 16.3 Å². The van der Waals surface area contributed by atoms with E-state index in [-0.39, 0.29) is 23.0 Å². The van der Waals surface area contributed by atoms with Crippen molar-refractivity contribution in [1.82, 2.24) is 0 Å². The van der Waals surface area contributed by atoms with Crippen LogP contribution in [0.15, 0.2) is 42.5 Å². The highest BCUT2D eigenvalue weighted by molar-refractivity contribution is 6.32. The Labute approximate surface area is 144 Å². The Balaban J connectivity index is 1.91. The number of aryl methyl sites for hydroxylation is 1. The second-order valence-corrected chi connectivity index (χ2v) is 5.46. The summed E-state index contributed by atoms with van der Waals surface area (Å²) in [5, 5.41) is 13.5. The molecule has 0 saturated heterocycles. The zero-order valence-electron chi connectivity index (χ0n) is 13.1. The third-order valence-electron chi connectivity index (χ3n) is 3.30. The molecule has 0 aliphatic rings. The smallest absolute Gasteiger partial charge is 0.289 e. The molecule has 0 radical (unpaired) electrons. The molecule has 0 bridgehead atoms. The number of nitrogens with one attached hydrogen (secondary N) is 1. The number of nitro groups is 1. The second-order valence-electron chi connectivity index (χ2n) is 5.05. The maximum absolute atomic E-state index is 12.0. The van der Waals surface area contributed by atoms with E-state index >= 15 is 0 Å². The second kappa shape index (κ2) is 8.31. The highest BCUT2D eigenvalue weighted by Crippen LogP contribution is 2.27. The fourth-order valence-corrected chi connectivity index (χ4v) is 2.32. The number of hydrogen-bond acceptors (Lipinski definition) is 4. The van der Waals surface area contributed by atoms with Gasteiger partial charge >= 0.3 is 0 Å². The Kier molecular flexibility index (Phi) is 6.14. The van der Waals surface area contributed by atoms with Crippen LogP contribution in [-0.4, -0.2) is 17.4 Å². The quantitative estimate of drug-likeness (QED) is 0.600. The van der Waals surface area contributed by atoms with Crippen LogP contribution in [0.3, 0.4) is 0 Å². The van der Waals surface area contributed by atoms with Gasteiger partial charge in [0, 0.05) is 18.2 Å². The minimum Gasteiger partial charge on any atom is -0.494 e. The van der Waals surface area contributed by atoms with Crippen LogP contribution >= 0.6 is 11.6 Å². The molecule has 1 N–H and O–H groups in total. The predicted molar refractivity (Wildman–Crippen MR) is 92.7 cm³/mol. The van der Waals surface area contributed by atoms with Gasteiger partial charge in [0.2, 0.25) is 5.91 Å². The van der Waals surface area contributed by atoms with E-state index < -0.39 is 4.92 Å². The van der Waals surface area contributed by atoms with Crippen molar-refractivity contribution in [2.45, 2.75) is 19.8 Å². The monoisotopic (exact) mass is 348 g/mol. The fourth-order valence-electron chi connectivity index (χ4n) is 2.13. The number of hydrogen-bond donors (Lipinski definition) is 1. The Morgan fingerprint density at radius 3 is 2.58 bits per heavy atom. The molecule has 0 saturated carbocycles. The van der Waals surface area contributed by atoms with Crippen LogP contribution < -0.4 is 10.1 Å². The summed E-state index contributed by atoms with van der Waals surface area (Å²) in [5.74, 6) is 0.569. The molecule has 0 unspecified atom stereocenters. The molecule has 2 aromatic carbocycles. The number of amides is 1. The first kappa shape index (κ1) is 17.7. The molecule has 6 nitrogen and oxygen atoms in total. The molecular weight excluding hydrogens is 332 g/mol. The molecule has 0 aliphatic carbocycles. The Morgan fingerprint density at radius 1 is 1.25 bits per heavy atom. The molecular formula is C17H17ClN2O4. The van der Waals surface area contributed by atoms with Gasteiger partial charge in [-0.15, -0.1) is 0 Å². The van der Waals surface area contributed by atoms with Crippen molar-refractivity contribution in [1.29, 1.82) is 0 Å². The zero-order chi connectivity index (χ0) is 17.5. The van der Waals surface area contributed by atoms with E-state index in [1.165, 1.54) is 18.2 Å². The van der Waals surface area contributed by atoms with E-state index in [0.29, 0.717) is 18.7 Å². The molecule has 0 aliphatic heterocycles. The van der Waals surface area contributed by atoms with Gasteiger partial charge in [-0.1, -0.05) is 23.7 Å². The van der Waals surface area contributed by atoms with Gasteiger partial charge in [0.1, 0.15) is 10.8 Å². The third-order valence-corrected chi connectivity index (χ3v) is 3.62. The number of nitrogens with zero attached hydrogens (tertiary/aromatic N) is 1. The van der Waals surface area contributed by atoms with Crippen molar-refractivity contribution in [2.75, 3.05) is 11.9 Å². The lowest BCUT2D eigenvalue weighted by Gasteiger charge is -2.07. The molecule has 0 atom stereocenters. The van der Waals surface area contributed by atoms with E-state index in [1.54, 1.807) is 0 Å². The number of carbonyl (C=O) groups is 1. The van der Waals surface area contributed by atoms with Crippen LogP contribution in [0.25, 0.3) is 0 Å². The van der Waals surface area contributed by atoms with E-state index in [1.807, 2.05) is 31.2 Å². The summed E-state index contributed by atoms with van der Waals surface area (Å²) >= 11 is 5.74. The molecule has 0 spiro atoms. The molecule has 126 valence electrons. The average molecular weight is 349 g/mol. The van der Waals surface area contributed by atoms with Gasteiger partial charge in [-0.3, -0.25) is 14.9 Å². The lowest BCUT2D eigenvalue weighted by Crippen LogP contribution is -2.12. The van der Waals surface area contributed by atoms with Crippen LogP contribution in [0.1, 0.15) is 18.9 Å². The lowest BCUT2D eigenvalue weighted by molar-refractivity contribution is -0.384. The minimum absolute atomic E-state index is 0.0346. The standard InChI is InChI=1S/C17H17ClN2O4/c1-2-24-14-7-3-12(4-8-14)5-10-17(21)19-13-6-9-15(18)16(11-13)20(22)23/h3-4,6-9,11H,2,5,10H2,1H3,(H,19,21). The van der Waals surface area contributed by atoms with Crippen LogP contribution in [0.2, 0.25) is 5.02 Å². The summed E-state index contributed by atoms with van der Waals surface area (Å²) in [5.41, 5.74) is 1.12. The normalized spacial score (nSPS) is 10.2. The highest BCUT2D eigenvalue weighted by Gasteiger charge is 2.13. The number of ether oxygens (including phenoxy) is 1. The van der Waals surface area contributed by atoms with E-state index in [9.17, 15) is 14.9 Å². The van der Waals surface area contributed by atoms with Crippen molar-refractivity contribution in [3.63, 3.8) is 0 Å². The summed E-state index contributed by atoms with van der Waals surface area (Å²) in [6.07, 6.45) is 0.832. The first-order chi connectivity index (χ1) is 11.5. The van der Waals surface area contributed by atoms with Gasteiger partial charge in [-0.05, 0) is 43.2 Å². The van der Waals surface area contributed by atoms with Gasteiger partial charge in [-0.2, -0.15) is 0 Å². The Morgan fingerprint density at radius 2 is 1.96 bits per heavy atom. The number of carbonyl (C=O) groups excluding carboxylic acids is 1. The predicted octanol–water partition coefficient (Wildman–Crippen LogP) is 4.22. The number of nitro benzene ring substituents is 1. The molecule has 2 aromatic rings. The summed E-state index contributed by atoms with van der Waals surface area (Å²) in [7, 11) is 0. The van der Waals surface area contributed by atoms with E-state index in [0.717, 1.165) is 11.3 Å². The molecule has 0 fully saturated rings. The first-order valence-electron chi connectivity index (χ1n) is 7.45. The molecule has 2 rings (SSSR count). The summed E-state index contributed by atoms with van der Waals surface area (Å²) in [6, 6.07) is 11.7. The number of rotatable bonds is 7. The van der Waals surface area contributed by atoms with Crippen molar-refractivity contribution in [3.05, 3.63) is 63.2 Å². The van der Waals surface area contributed by atoms with Crippen LogP contribution in [0.4, 0.5) is 11.4 Å². The van der Waals surface area contributed by atoms with Gasteiger partial charge in [0.15, 0.2) is 0 Å². The van der Waals surface area contributed by atoms with Crippen molar-refractivity contribution >= 4 is 28.9 Å². The average Bonchev–Trinajstić information content (AvgIpc) is 2.56.